The van der Waals surface area contributed by atoms with Crippen LogP contribution in [0.3, 0.4) is 0 Å². The molecule has 0 N–H and O–H groups in total. The van der Waals surface area contributed by atoms with Crippen molar-refractivity contribution in [2.45, 2.75) is 70.8 Å². The summed E-state index contributed by atoms with van der Waals surface area (Å²) in [6.07, 6.45) is 8.30. The molecule has 0 unspecified atom stereocenters. The molecule has 0 radical (unpaired) electrons. The van der Waals surface area contributed by atoms with E-state index in [2.05, 4.69) is 35.9 Å². The highest BCUT2D eigenvalue weighted by Gasteiger charge is 2.43. The van der Waals surface area contributed by atoms with Crippen LogP contribution in [-0.2, 0) is 12.0 Å². The third-order valence-electron chi connectivity index (χ3n) is 5.46. The highest BCUT2D eigenvalue weighted by atomic mass is 79.9. The van der Waals surface area contributed by atoms with Gasteiger partial charge >= 0.3 is 0 Å². The average Bonchev–Trinajstić information content (AvgIpc) is 2.98. The van der Waals surface area contributed by atoms with Gasteiger partial charge in [-0.25, -0.2) is 0 Å². The van der Waals surface area contributed by atoms with Crippen LogP contribution >= 0.6 is 51.5 Å². The highest BCUT2D eigenvalue weighted by Crippen LogP contribution is 2.50. The molecule has 2 nitrogen and oxygen atoms in total. The summed E-state index contributed by atoms with van der Waals surface area (Å²) in [6.45, 7) is 6.43. The third kappa shape index (κ3) is 4.83. The molecule has 27 heavy (non-hydrogen) atoms. The summed E-state index contributed by atoms with van der Waals surface area (Å²) in [5, 5.41) is 3.62. The lowest BCUT2D eigenvalue weighted by Crippen LogP contribution is -2.39. The van der Waals surface area contributed by atoms with E-state index in [-0.39, 0.29) is 22.4 Å². The number of nitrogens with zero attached hydrogens (tertiary/aromatic N) is 2. The molecule has 0 aliphatic heterocycles. The van der Waals surface area contributed by atoms with E-state index in [1.165, 1.54) is 54.6 Å². The molecule has 1 aromatic heterocycles. The number of hydrogen-bond acceptors (Lipinski definition) is 2. The number of halogens is 3. The predicted molar refractivity (Wildman–Crippen MR) is 124 cm³/mol. The number of benzene rings is 1. The molecule has 1 aliphatic rings. The molecule has 1 saturated carbocycles. The molecule has 1 heterocycles. The number of thiazole rings is 1. The Morgan fingerprint density at radius 3 is 2.44 bits per heavy atom. The maximum absolute atomic E-state index is 6.35. The molecule has 0 spiro atoms. The van der Waals surface area contributed by atoms with E-state index in [1.807, 2.05) is 6.07 Å². The van der Waals surface area contributed by atoms with Crippen LogP contribution in [0.2, 0.25) is 10.0 Å². The van der Waals surface area contributed by atoms with Gasteiger partial charge in [-0.15, -0.1) is 28.3 Å². The normalized spacial score (nSPS) is 16.1. The zero-order valence-corrected chi connectivity index (χ0v) is 20.2. The highest BCUT2D eigenvalue weighted by molar-refractivity contribution is 8.93. The largest absolute Gasteiger partial charge is 0.320 e. The minimum absolute atomic E-state index is 0. The van der Waals surface area contributed by atoms with Crippen molar-refractivity contribution >= 4 is 51.5 Å². The fraction of sp³-hybridized carbons (Fsp3) is 0.571. The fourth-order valence-electron chi connectivity index (χ4n) is 3.71. The van der Waals surface area contributed by atoms with Crippen LogP contribution in [0.4, 0.5) is 0 Å². The maximum Gasteiger partial charge on any atom is 0.184 e. The summed E-state index contributed by atoms with van der Waals surface area (Å²) in [5.41, 5.74) is 2.77. The van der Waals surface area contributed by atoms with Crippen molar-refractivity contribution in [3.8, 4) is 0 Å². The molecule has 0 bridgehead atoms. The SMILES string of the molecule is Br.CCCC/N=c1/scc(C2(c3ccc(Cl)c(Cl)c3)CCC2)n1CCCC. The first-order valence-corrected chi connectivity index (χ1v) is 11.4. The first-order valence-electron chi connectivity index (χ1n) is 9.77. The Kier molecular flexibility index (Phi) is 8.92. The molecule has 6 heteroatoms. The summed E-state index contributed by atoms with van der Waals surface area (Å²) in [5.74, 6) is 0. The van der Waals surface area contributed by atoms with Gasteiger partial charge in [-0.2, -0.15) is 0 Å². The lowest BCUT2D eigenvalue weighted by atomic mass is 9.62. The first-order chi connectivity index (χ1) is 12.6. The van der Waals surface area contributed by atoms with Crippen LogP contribution in [0.25, 0.3) is 0 Å². The number of aromatic nitrogens is 1. The lowest BCUT2D eigenvalue weighted by molar-refractivity contribution is 0.281. The summed E-state index contributed by atoms with van der Waals surface area (Å²) in [7, 11) is 0. The Labute approximate surface area is 187 Å². The Morgan fingerprint density at radius 2 is 1.85 bits per heavy atom. The summed E-state index contributed by atoms with van der Waals surface area (Å²) in [6, 6.07) is 6.16. The summed E-state index contributed by atoms with van der Waals surface area (Å²) in [4.78, 5) is 6.08. The van der Waals surface area contributed by atoms with Gasteiger partial charge in [0.05, 0.1) is 10.0 Å². The van der Waals surface area contributed by atoms with E-state index in [0.717, 1.165) is 19.5 Å². The Bertz CT molecular complexity index is 809. The molecule has 1 aliphatic carbocycles. The van der Waals surface area contributed by atoms with Crippen LogP contribution in [0.5, 0.6) is 0 Å². The van der Waals surface area contributed by atoms with Gasteiger partial charge in [-0.3, -0.25) is 4.99 Å². The minimum Gasteiger partial charge on any atom is -0.320 e. The van der Waals surface area contributed by atoms with E-state index in [1.54, 1.807) is 11.3 Å². The van der Waals surface area contributed by atoms with Crippen molar-refractivity contribution in [1.82, 2.24) is 4.57 Å². The smallest absolute Gasteiger partial charge is 0.184 e. The standard InChI is InChI=1S/C21H28Cl2N2S.BrH/c1-3-5-12-24-20-25(13-6-4-2)19(15-26-20)21(10-7-11-21)16-8-9-17(22)18(23)14-16;/h8-9,14-15H,3-7,10-13H2,1-2H3;1H/b24-20+;. The summed E-state index contributed by atoms with van der Waals surface area (Å²) < 4.78 is 2.48. The van der Waals surface area contributed by atoms with Gasteiger partial charge in [0.2, 0.25) is 0 Å². The number of unbranched alkanes of at least 4 members (excludes halogenated alkanes) is 2. The molecule has 1 aromatic carbocycles. The second-order valence-electron chi connectivity index (χ2n) is 7.21. The molecule has 0 amide bonds. The van der Waals surface area contributed by atoms with Crippen molar-refractivity contribution in [2.24, 2.45) is 4.99 Å². The summed E-state index contributed by atoms with van der Waals surface area (Å²) >= 11 is 14.3. The van der Waals surface area contributed by atoms with Crippen molar-refractivity contribution in [2.75, 3.05) is 6.54 Å². The Hall–Kier alpha value is -0.290. The molecule has 0 saturated heterocycles. The predicted octanol–water partition coefficient (Wildman–Crippen LogP) is 7.41. The third-order valence-corrected chi connectivity index (χ3v) is 7.10. The maximum atomic E-state index is 6.35. The van der Waals surface area contributed by atoms with E-state index in [0.29, 0.717) is 10.0 Å². The molecule has 3 rings (SSSR count). The van der Waals surface area contributed by atoms with E-state index in [9.17, 15) is 0 Å². The van der Waals surface area contributed by atoms with Gasteiger partial charge in [0.25, 0.3) is 0 Å². The molecule has 2 aromatic rings. The Balaban J connectivity index is 0.00000261. The second-order valence-corrected chi connectivity index (χ2v) is 8.86. The molecular formula is C21H29BrCl2N2S. The zero-order valence-electron chi connectivity index (χ0n) is 16.1. The van der Waals surface area contributed by atoms with Crippen LogP contribution in [0, 0.1) is 0 Å². The molecular weight excluding hydrogens is 463 g/mol. The average molecular weight is 492 g/mol. The van der Waals surface area contributed by atoms with Gasteiger partial charge in [-0.1, -0.05) is 62.4 Å². The fourth-order valence-corrected chi connectivity index (χ4v) is 5.07. The van der Waals surface area contributed by atoms with E-state index < -0.39 is 0 Å². The first kappa shape index (κ1) is 23.0. The van der Waals surface area contributed by atoms with E-state index >= 15 is 0 Å². The van der Waals surface area contributed by atoms with Gasteiger partial charge in [-0.05, 0) is 43.4 Å². The quantitative estimate of drug-likeness (QED) is 0.342. The van der Waals surface area contributed by atoms with Crippen LogP contribution in [0.1, 0.15) is 70.1 Å². The molecule has 150 valence electrons. The Morgan fingerprint density at radius 1 is 1.11 bits per heavy atom. The van der Waals surface area contributed by atoms with Gasteiger partial charge < -0.3 is 4.57 Å². The monoisotopic (exact) mass is 490 g/mol. The number of rotatable bonds is 8. The van der Waals surface area contributed by atoms with Crippen molar-refractivity contribution < 1.29 is 0 Å². The van der Waals surface area contributed by atoms with Gasteiger partial charge in [0, 0.05) is 29.6 Å². The topological polar surface area (TPSA) is 17.3 Å². The molecule has 1 fully saturated rings. The van der Waals surface area contributed by atoms with Crippen LogP contribution in [-0.4, -0.2) is 11.1 Å². The second kappa shape index (κ2) is 10.5. The van der Waals surface area contributed by atoms with Crippen molar-refractivity contribution in [3.05, 3.63) is 49.7 Å². The van der Waals surface area contributed by atoms with E-state index in [4.69, 9.17) is 28.2 Å². The molecule has 0 atom stereocenters. The minimum atomic E-state index is 0. The van der Waals surface area contributed by atoms with Gasteiger partial charge in [0.1, 0.15) is 0 Å². The van der Waals surface area contributed by atoms with Crippen molar-refractivity contribution in [3.63, 3.8) is 0 Å². The van der Waals surface area contributed by atoms with Gasteiger partial charge in [0.15, 0.2) is 4.80 Å². The zero-order chi connectivity index (χ0) is 18.6. The lowest BCUT2D eigenvalue weighted by Gasteiger charge is -2.43. The van der Waals surface area contributed by atoms with Crippen LogP contribution < -0.4 is 4.80 Å². The van der Waals surface area contributed by atoms with Crippen LogP contribution in [0.15, 0.2) is 28.6 Å². The number of hydrogen-bond donors (Lipinski definition) is 0. The van der Waals surface area contributed by atoms with Crippen molar-refractivity contribution in [1.29, 1.82) is 0 Å².